The molecule has 0 saturated carbocycles. The smallest absolute Gasteiger partial charge is 0.444 e. The third kappa shape index (κ3) is 6.57. The molecule has 1 aromatic carbocycles. The lowest BCUT2D eigenvalue weighted by atomic mass is 9.77. The Hall–Kier alpha value is -2.38. The standard InChI is InChI=1S/C23H32BNO5/c1-21(2,3)28-20(27)25-16-19(24-29-22(4,5)23(6,7)30-24)15-18-12-10-17(11-13-18)9-8-14-26/h8-15H,16H2,1-7H3,(H,25,27)/b9-8+,19-15?. The first-order chi connectivity index (χ1) is 13.8. The number of allylic oxidation sites excluding steroid dienone is 1. The van der Waals surface area contributed by atoms with E-state index in [0.29, 0.717) is 0 Å². The van der Waals surface area contributed by atoms with Gasteiger partial charge in [-0.25, -0.2) is 4.79 Å². The van der Waals surface area contributed by atoms with E-state index >= 15 is 0 Å². The topological polar surface area (TPSA) is 73.9 Å². The Morgan fingerprint density at radius 2 is 1.60 bits per heavy atom. The van der Waals surface area contributed by atoms with Crippen molar-refractivity contribution >= 4 is 31.6 Å². The van der Waals surface area contributed by atoms with Gasteiger partial charge in [-0.15, -0.1) is 0 Å². The molecule has 0 aliphatic carbocycles. The van der Waals surface area contributed by atoms with Crippen LogP contribution in [-0.4, -0.2) is 42.8 Å². The Morgan fingerprint density at radius 1 is 1.07 bits per heavy atom. The second kappa shape index (κ2) is 9.19. The number of alkyl carbamates (subject to hydrolysis) is 1. The van der Waals surface area contributed by atoms with E-state index in [1.165, 1.54) is 6.08 Å². The summed E-state index contributed by atoms with van der Waals surface area (Å²) in [6, 6.07) is 7.69. The average Bonchev–Trinajstić information content (AvgIpc) is 2.83. The van der Waals surface area contributed by atoms with Crippen molar-refractivity contribution in [1.29, 1.82) is 0 Å². The molecule has 2 rings (SSSR count). The minimum Gasteiger partial charge on any atom is -0.444 e. The molecule has 1 N–H and O–H groups in total. The van der Waals surface area contributed by atoms with Crippen molar-refractivity contribution in [3.63, 3.8) is 0 Å². The van der Waals surface area contributed by atoms with Crippen LogP contribution in [0.4, 0.5) is 4.79 Å². The molecular weight excluding hydrogens is 381 g/mol. The van der Waals surface area contributed by atoms with Crippen molar-refractivity contribution in [2.75, 3.05) is 6.54 Å². The molecule has 1 fully saturated rings. The highest BCUT2D eigenvalue weighted by Crippen LogP contribution is 2.38. The van der Waals surface area contributed by atoms with Crippen LogP contribution >= 0.6 is 0 Å². The maximum Gasteiger partial charge on any atom is 0.492 e. The molecule has 0 spiro atoms. The van der Waals surface area contributed by atoms with Crippen molar-refractivity contribution in [2.24, 2.45) is 0 Å². The Kier molecular flexibility index (Phi) is 7.32. The van der Waals surface area contributed by atoms with E-state index in [1.54, 1.807) is 6.08 Å². The monoisotopic (exact) mass is 413 g/mol. The number of carbonyl (C=O) groups is 2. The van der Waals surface area contributed by atoms with Gasteiger partial charge in [0.2, 0.25) is 0 Å². The average molecular weight is 413 g/mol. The summed E-state index contributed by atoms with van der Waals surface area (Å²) in [6.07, 6.45) is 5.36. The minimum atomic E-state index is -0.598. The summed E-state index contributed by atoms with van der Waals surface area (Å²) in [6.45, 7) is 13.6. The van der Waals surface area contributed by atoms with Crippen molar-refractivity contribution in [2.45, 2.75) is 65.3 Å². The van der Waals surface area contributed by atoms with Crippen molar-refractivity contribution < 1.29 is 23.6 Å². The van der Waals surface area contributed by atoms with Crippen LogP contribution in [0, 0.1) is 0 Å². The quantitative estimate of drug-likeness (QED) is 0.424. The van der Waals surface area contributed by atoms with E-state index in [1.807, 2.05) is 78.8 Å². The van der Waals surface area contributed by atoms with Gasteiger partial charge in [-0.1, -0.05) is 36.4 Å². The number of rotatable bonds is 6. The Labute approximate surface area is 179 Å². The van der Waals surface area contributed by atoms with Gasteiger partial charge >= 0.3 is 13.2 Å². The Bertz CT molecular complexity index is 803. The third-order valence-corrected chi connectivity index (χ3v) is 5.05. The molecule has 1 aliphatic rings. The Balaban J connectivity index is 2.25. The van der Waals surface area contributed by atoms with Gasteiger partial charge in [-0.05, 0) is 71.1 Å². The summed E-state index contributed by atoms with van der Waals surface area (Å²) in [5, 5.41) is 2.79. The number of benzene rings is 1. The number of hydrogen-bond donors (Lipinski definition) is 1. The maximum absolute atomic E-state index is 12.2. The minimum absolute atomic E-state index is 0.221. The Morgan fingerprint density at radius 3 is 2.10 bits per heavy atom. The molecular formula is C23H32BNO5. The van der Waals surface area contributed by atoms with E-state index in [4.69, 9.17) is 14.0 Å². The predicted molar refractivity (Wildman–Crippen MR) is 120 cm³/mol. The summed E-state index contributed by atoms with van der Waals surface area (Å²) < 4.78 is 17.7. The van der Waals surface area contributed by atoms with E-state index < -0.39 is 30.0 Å². The number of carbonyl (C=O) groups excluding carboxylic acids is 2. The van der Waals surface area contributed by atoms with Gasteiger partial charge in [-0.3, -0.25) is 4.79 Å². The maximum atomic E-state index is 12.2. The number of amides is 1. The second-order valence-electron chi connectivity index (χ2n) is 9.32. The van der Waals surface area contributed by atoms with Crippen LogP contribution in [0.15, 0.2) is 35.8 Å². The van der Waals surface area contributed by atoms with Gasteiger partial charge in [0.05, 0.1) is 11.2 Å². The molecule has 7 heteroatoms. The first-order valence-electron chi connectivity index (χ1n) is 10.1. The molecule has 162 valence electrons. The number of ether oxygens (including phenoxy) is 1. The lowest BCUT2D eigenvalue weighted by molar-refractivity contribution is -0.104. The summed E-state index contributed by atoms with van der Waals surface area (Å²) in [4.78, 5) is 22.6. The summed E-state index contributed by atoms with van der Waals surface area (Å²) in [5.74, 6) is 0. The molecule has 0 unspecified atom stereocenters. The molecule has 6 nitrogen and oxygen atoms in total. The highest BCUT2D eigenvalue weighted by molar-refractivity contribution is 6.56. The normalized spacial score (nSPS) is 18.5. The number of hydrogen-bond acceptors (Lipinski definition) is 5. The zero-order valence-electron chi connectivity index (χ0n) is 18.9. The van der Waals surface area contributed by atoms with Gasteiger partial charge in [0.1, 0.15) is 11.9 Å². The van der Waals surface area contributed by atoms with Crippen molar-refractivity contribution in [1.82, 2.24) is 5.32 Å². The third-order valence-electron chi connectivity index (χ3n) is 5.05. The van der Waals surface area contributed by atoms with Crippen molar-refractivity contribution in [3.8, 4) is 0 Å². The van der Waals surface area contributed by atoms with Crippen LogP contribution in [0.5, 0.6) is 0 Å². The lowest BCUT2D eigenvalue weighted by Gasteiger charge is -2.32. The fraction of sp³-hybridized carbons (Fsp3) is 0.478. The molecule has 0 bridgehead atoms. The molecule has 1 heterocycles. The fourth-order valence-corrected chi connectivity index (χ4v) is 2.75. The first kappa shape index (κ1) is 23.9. The molecule has 1 aromatic rings. The summed E-state index contributed by atoms with van der Waals surface area (Å²) in [7, 11) is -0.598. The molecule has 1 aliphatic heterocycles. The SMILES string of the molecule is CC(C)(C)OC(=O)NCC(=Cc1ccc(/C=C/C=O)cc1)B1OC(C)(C)C(C)(C)O1. The first-order valence-corrected chi connectivity index (χ1v) is 10.1. The van der Waals surface area contributed by atoms with Crippen LogP contribution in [0.3, 0.4) is 0 Å². The lowest BCUT2D eigenvalue weighted by Crippen LogP contribution is -2.41. The van der Waals surface area contributed by atoms with Gasteiger partial charge in [0, 0.05) is 6.54 Å². The van der Waals surface area contributed by atoms with E-state index in [9.17, 15) is 9.59 Å². The highest BCUT2D eigenvalue weighted by atomic mass is 16.7. The van der Waals surface area contributed by atoms with Gasteiger partial charge < -0.3 is 19.4 Å². The number of nitrogens with one attached hydrogen (secondary N) is 1. The van der Waals surface area contributed by atoms with Crippen LogP contribution < -0.4 is 5.32 Å². The molecule has 0 atom stereocenters. The van der Waals surface area contributed by atoms with Crippen molar-refractivity contribution in [3.05, 3.63) is 46.9 Å². The van der Waals surface area contributed by atoms with Crippen LogP contribution in [0.1, 0.15) is 59.6 Å². The zero-order chi connectivity index (χ0) is 22.6. The molecule has 1 saturated heterocycles. The molecule has 30 heavy (non-hydrogen) atoms. The van der Waals surface area contributed by atoms with Crippen LogP contribution in [-0.2, 0) is 18.8 Å². The zero-order valence-corrected chi connectivity index (χ0v) is 18.9. The van der Waals surface area contributed by atoms with Gasteiger partial charge in [0.15, 0.2) is 0 Å². The van der Waals surface area contributed by atoms with Gasteiger partial charge in [0.25, 0.3) is 0 Å². The van der Waals surface area contributed by atoms with Crippen LogP contribution in [0.2, 0.25) is 0 Å². The second-order valence-corrected chi connectivity index (χ2v) is 9.32. The number of aldehydes is 1. The predicted octanol–water partition coefficient (Wildman–Crippen LogP) is 4.44. The molecule has 0 aromatic heterocycles. The summed E-state index contributed by atoms with van der Waals surface area (Å²) >= 11 is 0. The van der Waals surface area contributed by atoms with Crippen LogP contribution in [0.25, 0.3) is 12.2 Å². The largest absolute Gasteiger partial charge is 0.492 e. The summed E-state index contributed by atoms with van der Waals surface area (Å²) in [5.41, 5.74) is 1.05. The van der Waals surface area contributed by atoms with E-state index in [0.717, 1.165) is 22.9 Å². The molecule has 0 radical (unpaired) electrons. The van der Waals surface area contributed by atoms with E-state index in [-0.39, 0.29) is 6.54 Å². The fourth-order valence-electron chi connectivity index (χ4n) is 2.75. The van der Waals surface area contributed by atoms with E-state index in [2.05, 4.69) is 5.32 Å². The highest BCUT2D eigenvalue weighted by Gasteiger charge is 2.52. The van der Waals surface area contributed by atoms with Gasteiger partial charge in [-0.2, -0.15) is 0 Å². The molecule has 1 amide bonds.